The predicted octanol–water partition coefficient (Wildman–Crippen LogP) is 6.48. The molecular formula is C34H40ClN3O4. The monoisotopic (exact) mass is 589 g/mol. The highest BCUT2D eigenvalue weighted by Gasteiger charge is 2.36. The Kier molecular flexibility index (Phi) is 9.09. The lowest BCUT2D eigenvalue weighted by atomic mass is 9.86. The minimum absolute atomic E-state index is 0.0126. The van der Waals surface area contributed by atoms with Gasteiger partial charge in [0, 0.05) is 42.8 Å². The van der Waals surface area contributed by atoms with E-state index >= 15 is 0 Å². The summed E-state index contributed by atoms with van der Waals surface area (Å²) in [6.07, 6.45) is 2.09. The molecule has 222 valence electrons. The van der Waals surface area contributed by atoms with E-state index in [1.807, 2.05) is 60.4 Å². The van der Waals surface area contributed by atoms with Crippen molar-refractivity contribution in [3.05, 3.63) is 87.9 Å². The van der Waals surface area contributed by atoms with Crippen molar-refractivity contribution in [3.8, 4) is 11.5 Å². The van der Waals surface area contributed by atoms with Gasteiger partial charge in [0.1, 0.15) is 0 Å². The molecule has 1 N–H and O–H groups in total. The number of anilines is 1. The molecular weight excluding hydrogens is 550 g/mol. The fourth-order valence-corrected chi connectivity index (χ4v) is 6.17. The zero-order chi connectivity index (χ0) is 30.0. The molecule has 2 aliphatic heterocycles. The van der Waals surface area contributed by atoms with Gasteiger partial charge in [-0.15, -0.1) is 0 Å². The summed E-state index contributed by atoms with van der Waals surface area (Å²) in [5, 5.41) is 3.68. The van der Waals surface area contributed by atoms with Crippen LogP contribution in [-0.2, 0) is 16.0 Å². The number of hydrogen-bond donors (Lipinski definition) is 1. The molecule has 0 spiro atoms. The third-order valence-electron chi connectivity index (χ3n) is 8.51. The van der Waals surface area contributed by atoms with Crippen LogP contribution in [0.1, 0.15) is 74.9 Å². The Balaban J connectivity index is 1.50. The van der Waals surface area contributed by atoms with Gasteiger partial charge in [0.05, 0.1) is 25.7 Å². The summed E-state index contributed by atoms with van der Waals surface area (Å²) in [6.45, 7) is 9.64. The van der Waals surface area contributed by atoms with E-state index in [0.29, 0.717) is 16.5 Å². The van der Waals surface area contributed by atoms with E-state index in [0.717, 1.165) is 48.3 Å². The first kappa shape index (κ1) is 29.9. The molecule has 1 saturated heterocycles. The van der Waals surface area contributed by atoms with E-state index in [9.17, 15) is 9.59 Å². The molecule has 42 heavy (non-hydrogen) atoms. The molecule has 2 aliphatic rings. The first-order valence-electron chi connectivity index (χ1n) is 14.7. The van der Waals surface area contributed by atoms with E-state index in [2.05, 4.69) is 36.2 Å². The van der Waals surface area contributed by atoms with Gasteiger partial charge in [-0.1, -0.05) is 42.8 Å². The number of carbonyl (C=O) groups is 2. The van der Waals surface area contributed by atoms with Crippen molar-refractivity contribution < 1.29 is 19.1 Å². The fourth-order valence-electron chi connectivity index (χ4n) is 6.04. The van der Waals surface area contributed by atoms with E-state index in [1.165, 1.54) is 5.56 Å². The summed E-state index contributed by atoms with van der Waals surface area (Å²) < 4.78 is 11.9. The normalized spacial score (nSPS) is 20.1. The van der Waals surface area contributed by atoms with Crippen molar-refractivity contribution in [3.63, 3.8) is 0 Å². The number of nitrogens with one attached hydrogen (secondary N) is 1. The van der Waals surface area contributed by atoms with Gasteiger partial charge in [-0.25, -0.2) is 0 Å². The van der Waals surface area contributed by atoms with E-state index in [4.69, 9.17) is 21.1 Å². The Morgan fingerprint density at radius 1 is 1.07 bits per heavy atom. The molecule has 3 aromatic carbocycles. The third-order valence-corrected chi connectivity index (χ3v) is 8.76. The van der Waals surface area contributed by atoms with Gasteiger partial charge in [-0.2, -0.15) is 0 Å². The molecule has 0 aromatic heterocycles. The molecule has 4 atom stereocenters. The minimum atomic E-state index is -0.357. The molecule has 0 aliphatic carbocycles. The van der Waals surface area contributed by atoms with E-state index in [1.54, 1.807) is 14.0 Å². The number of carbonyl (C=O) groups excluding carboxylic acids is 2. The summed E-state index contributed by atoms with van der Waals surface area (Å²) in [7, 11) is 1.63. The number of ether oxygens (including phenoxy) is 2. The smallest absolute Gasteiger partial charge is 0.232 e. The summed E-state index contributed by atoms with van der Waals surface area (Å²) in [6, 6.07) is 20.0. The first-order chi connectivity index (χ1) is 20.2. The second kappa shape index (κ2) is 12.8. The maximum atomic E-state index is 13.9. The molecule has 0 saturated carbocycles. The lowest BCUT2D eigenvalue weighted by molar-refractivity contribution is -0.120. The number of halogens is 1. The summed E-state index contributed by atoms with van der Waals surface area (Å²) in [5.41, 5.74) is 4.90. The Bertz CT molecular complexity index is 1430. The standard InChI is InChI=1S/C34H40ClN3O4/c1-6-21(2)42-32-19-30-26(17-31(32)41-5)18-33(40)38(34(30)25-7-11-27(35)12-8-25)29-13-9-24(10-14-29)22(3)37-16-15-28(20-37)36-23(4)39/h7-14,17,19,21-22,28,34H,6,15-16,18,20H2,1-5H3,(H,36,39)/t21-,22?,28+,34?/m1/s1. The van der Waals surface area contributed by atoms with Crippen molar-refractivity contribution in [2.24, 2.45) is 0 Å². The first-order valence-corrected chi connectivity index (χ1v) is 15.1. The summed E-state index contributed by atoms with van der Waals surface area (Å²) in [4.78, 5) is 29.6. The van der Waals surface area contributed by atoms with Crippen LogP contribution in [0.5, 0.6) is 11.5 Å². The van der Waals surface area contributed by atoms with Crippen LogP contribution in [0.3, 0.4) is 0 Å². The largest absolute Gasteiger partial charge is 0.493 e. The molecule has 7 nitrogen and oxygen atoms in total. The van der Waals surface area contributed by atoms with Crippen LogP contribution in [0.25, 0.3) is 0 Å². The van der Waals surface area contributed by atoms with Gasteiger partial charge in [-0.3, -0.25) is 14.5 Å². The molecule has 0 radical (unpaired) electrons. The van der Waals surface area contributed by atoms with Crippen molar-refractivity contribution >= 4 is 29.1 Å². The highest BCUT2D eigenvalue weighted by atomic mass is 35.5. The topological polar surface area (TPSA) is 71.1 Å². The Hall–Kier alpha value is -3.55. The number of likely N-dealkylation sites (tertiary alicyclic amines) is 1. The van der Waals surface area contributed by atoms with Crippen molar-refractivity contribution in [1.82, 2.24) is 10.2 Å². The molecule has 3 aromatic rings. The van der Waals surface area contributed by atoms with E-state index < -0.39 is 0 Å². The number of rotatable bonds is 9. The number of fused-ring (bicyclic) bond motifs is 1. The molecule has 2 heterocycles. The number of hydrogen-bond acceptors (Lipinski definition) is 5. The molecule has 8 heteroatoms. The number of methoxy groups -OCH3 is 1. The number of amides is 2. The predicted molar refractivity (Wildman–Crippen MR) is 167 cm³/mol. The maximum Gasteiger partial charge on any atom is 0.232 e. The van der Waals surface area contributed by atoms with Crippen LogP contribution in [0.4, 0.5) is 5.69 Å². The van der Waals surface area contributed by atoms with E-state index in [-0.39, 0.29) is 42.5 Å². The second-order valence-corrected chi connectivity index (χ2v) is 11.8. The average Bonchev–Trinajstić information content (AvgIpc) is 3.44. The zero-order valence-corrected chi connectivity index (χ0v) is 25.8. The Morgan fingerprint density at radius 3 is 2.43 bits per heavy atom. The quantitative estimate of drug-likeness (QED) is 0.309. The van der Waals surface area contributed by atoms with Gasteiger partial charge in [-0.05, 0) is 85.3 Å². The summed E-state index contributed by atoms with van der Waals surface area (Å²) >= 11 is 6.26. The highest BCUT2D eigenvalue weighted by molar-refractivity contribution is 6.30. The minimum Gasteiger partial charge on any atom is -0.493 e. The highest BCUT2D eigenvalue weighted by Crippen LogP contribution is 2.44. The van der Waals surface area contributed by atoms with Crippen molar-refractivity contribution in [1.29, 1.82) is 0 Å². The lowest BCUT2D eigenvalue weighted by Gasteiger charge is -2.38. The molecule has 5 rings (SSSR count). The molecule has 2 unspecified atom stereocenters. The van der Waals surface area contributed by atoms with Gasteiger partial charge < -0.3 is 19.7 Å². The van der Waals surface area contributed by atoms with Crippen LogP contribution in [0.15, 0.2) is 60.7 Å². The van der Waals surface area contributed by atoms with Gasteiger partial charge >= 0.3 is 0 Å². The fraction of sp³-hybridized carbons (Fsp3) is 0.412. The summed E-state index contributed by atoms with van der Waals surface area (Å²) in [5.74, 6) is 1.33. The Labute approximate surface area is 253 Å². The van der Waals surface area contributed by atoms with Crippen LogP contribution in [0.2, 0.25) is 5.02 Å². The number of nitrogens with zero attached hydrogens (tertiary/aromatic N) is 2. The molecule has 0 bridgehead atoms. The average molecular weight is 590 g/mol. The SMILES string of the molecule is CC[C@@H](C)Oc1cc2c(cc1OC)CC(=O)N(c1ccc(C(C)N3CC[C@H](NC(C)=O)C3)cc1)C2c1ccc(Cl)cc1. The molecule has 2 amide bonds. The van der Waals surface area contributed by atoms with Gasteiger partial charge in [0.25, 0.3) is 0 Å². The Morgan fingerprint density at radius 2 is 1.79 bits per heavy atom. The molecule has 1 fully saturated rings. The number of benzene rings is 3. The van der Waals surface area contributed by atoms with Gasteiger partial charge in [0.2, 0.25) is 11.8 Å². The van der Waals surface area contributed by atoms with Crippen molar-refractivity contribution in [2.75, 3.05) is 25.1 Å². The lowest BCUT2D eigenvalue weighted by Crippen LogP contribution is -2.41. The van der Waals surface area contributed by atoms with Crippen LogP contribution in [-0.4, -0.2) is 49.1 Å². The van der Waals surface area contributed by atoms with Crippen LogP contribution >= 0.6 is 11.6 Å². The maximum absolute atomic E-state index is 13.9. The third kappa shape index (κ3) is 6.27. The zero-order valence-electron chi connectivity index (χ0n) is 25.0. The van der Waals surface area contributed by atoms with Crippen LogP contribution in [0, 0.1) is 0 Å². The van der Waals surface area contributed by atoms with Crippen molar-refractivity contribution in [2.45, 2.75) is 71.2 Å². The second-order valence-electron chi connectivity index (χ2n) is 11.4. The van der Waals surface area contributed by atoms with Gasteiger partial charge in [0.15, 0.2) is 11.5 Å². The van der Waals surface area contributed by atoms with Crippen LogP contribution < -0.4 is 19.7 Å².